The van der Waals surface area contributed by atoms with E-state index in [1.54, 1.807) is 28.7 Å². The lowest BCUT2D eigenvalue weighted by Crippen LogP contribution is -2.17. The summed E-state index contributed by atoms with van der Waals surface area (Å²) in [6, 6.07) is 38.4. The third kappa shape index (κ3) is 3.97. The van der Waals surface area contributed by atoms with E-state index in [9.17, 15) is 5.26 Å². The van der Waals surface area contributed by atoms with Crippen LogP contribution in [0.4, 0.5) is 17.2 Å². The van der Waals surface area contributed by atoms with Gasteiger partial charge in [-0.3, -0.25) is 4.90 Å². The summed E-state index contributed by atoms with van der Waals surface area (Å²) in [5.74, 6) is 0.871. The van der Waals surface area contributed by atoms with E-state index < -0.39 is 0 Å². The van der Waals surface area contributed by atoms with E-state index in [0.717, 1.165) is 33.0 Å². The molecule has 4 aromatic carbocycles. The van der Waals surface area contributed by atoms with Crippen molar-refractivity contribution < 1.29 is 0 Å². The lowest BCUT2D eigenvalue weighted by Gasteiger charge is -2.28. The first-order valence-corrected chi connectivity index (χ1v) is 15.9. The van der Waals surface area contributed by atoms with Crippen molar-refractivity contribution in [3.8, 4) is 16.5 Å². The first kappa shape index (κ1) is 26.4. The molecule has 0 amide bonds. The average molecular weight is 601 g/mol. The fourth-order valence-corrected chi connectivity index (χ4v) is 9.40. The van der Waals surface area contributed by atoms with Gasteiger partial charge in [-0.2, -0.15) is 0 Å². The zero-order valence-electron chi connectivity index (χ0n) is 24.0. The van der Waals surface area contributed by atoms with Gasteiger partial charge in [0.2, 0.25) is 0 Å². The summed E-state index contributed by atoms with van der Waals surface area (Å²) in [5.41, 5.74) is 6.87. The maximum Gasteiger partial charge on any atom is 0.263 e. The van der Waals surface area contributed by atoms with E-state index in [2.05, 4.69) is 115 Å². The highest BCUT2D eigenvalue weighted by atomic mass is 32.1. The molecule has 4 nitrogen and oxygen atoms in total. The number of fused-ring (bicyclic) bond motifs is 7. The number of benzene rings is 4. The van der Waals surface area contributed by atoms with E-state index in [0.29, 0.717) is 0 Å². The van der Waals surface area contributed by atoms with Crippen LogP contribution in [0.5, 0.6) is 0 Å². The Morgan fingerprint density at radius 3 is 2.55 bits per heavy atom. The normalized spacial score (nSPS) is 13.5. The van der Waals surface area contributed by atoms with E-state index in [1.165, 1.54) is 41.7 Å². The number of thiophene rings is 2. The number of para-hydroxylation sites is 1. The van der Waals surface area contributed by atoms with Gasteiger partial charge in [-0.25, -0.2) is 15.1 Å². The van der Waals surface area contributed by atoms with Crippen LogP contribution < -0.4 is 4.90 Å². The van der Waals surface area contributed by atoms with Crippen LogP contribution in [0, 0.1) is 17.9 Å². The van der Waals surface area contributed by atoms with Gasteiger partial charge in [0.15, 0.2) is 0 Å². The molecule has 1 aliphatic rings. The number of nitriles is 1. The minimum atomic E-state index is -0.232. The van der Waals surface area contributed by atoms with Crippen LogP contribution in [0.2, 0.25) is 0 Å². The summed E-state index contributed by atoms with van der Waals surface area (Å²) < 4.78 is 2.44. The number of allylic oxidation sites excluding steroid dienone is 1. The quantitative estimate of drug-likeness (QED) is 0.149. The van der Waals surface area contributed by atoms with Gasteiger partial charge in [0.05, 0.1) is 28.5 Å². The molecule has 0 atom stereocenters. The molecule has 0 aliphatic heterocycles. The number of nitrogens with zero attached hydrogens (tertiary/aromatic N) is 4. The molecule has 0 bridgehead atoms. The van der Waals surface area contributed by atoms with Gasteiger partial charge in [-0.1, -0.05) is 74.5 Å². The Labute approximate surface area is 263 Å². The summed E-state index contributed by atoms with van der Waals surface area (Å²) in [6.45, 7) is 11.9. The van der Waals surface area contributed by atoms with Crippen molar-refractivity contribution in [2.45, 2.75) is 19.3 Å². The Kier molecular flexibility index (Phi) is 5.93. The van der Waals surface area contributed by atoms with Crippen molar-refractivity contribution in [2.75, 3.05) is 4.90 Å². The predicted molar refractivity (Wildman–Crippen MR) is 185 cm³/mol. The second-order valence-corrected chi connectivity index (χ2v) is 13.6. The van der Waals surface area contributed by atoms with Crippen LogP contribution >= 0.6 is 22.7 Å². The molecule has 0 spiro atoms. The molecule has 208 valence electrons. The number of rotatable bonds is 4. The molecule has 1 aliphatic carbocycles. The van der Waals surface area contributed by atoms with Gasteiger partial charge in [-0.05, 0) is 70.6 Å². The molecule has 8 rings (SSSR count). The molecule has 0 N–H and O–H groups in total. The third-order valence-corrected chi connectivity index (χ3v) is 10.9. The molecular weight excluding hydrogens is 577 g/mol. The Hall–Kier alpha value is -5.27. The second kappa shape index (κ2) is 9.89. The van der Waals surface area contributed by atoms with Gasteiger partial charge in [0, 0.05) is 36.3 Å². The molecule has 3 aromatic heterocycles. The molecule has 0 saturated heterocycles. The highest BCUT2D eigenvalue weighted by molar-refractivity contribution is 7.30. The van der Waals surface area contributed by atoms with Gasteiger partial charge >= 0.3 is 0 Å². The number of hydrogen-bond donors (Lipinski definition) is 0. The van der Waals surface area contributed by atoms with Crippen LogP contribution in [0.15, 0.2) is 109 Å². The van der Waals surface area contributed by atoms with Crippen molar-refractivity contribution >= 4 is 77.0 Å². The summed E-state index contributed by atoms with van der Waals surface area (Å²) in [6.07, 6.45) is 1.70. The van der Waals surface area contributed by atoms with Crippen LogP contribution in [0.1, 0.15) is 29.9 Å². The number of hydrogen-bond acceptors (Lipinski definition) is 5. The molecule has 7 aromatic rings. The largest absolute Gasteiger partial charge is 0.294 e. The monoisotopic (exact) mass is 600 g/mol. The Balaban J connectivity index is 1.31. The Morgan fingerprint density at radius 1 is 0.909 bits per heavy atom. The maximum absolute atomic E-state index is 9.28. The minimum absolute atomic E-state index is 0.110. The van der Waals surface area contributed by atoms with E-state index in [1.807, 2.05) is 18.2 Å². The fourth-order valence-electron chi connectivity index (χ4n) is 6.46. The molecule has 3 heterocycles. The summed E-state index contributed by atoms with van der Waals surface area (Å²) in [7, 11) is 0. The maximum atomic E-state index is 9.28. The van der Waals surface area contributed by atoms with Gasteiger partial charge in [0.25, 0.3) is 5.70 Å². The summed E-state index contributed by atoms with van der Waals surface area (Å²) >= 11 is 3.47. The highest BCUT2D eigenvalue weighted by Crippen LogP contribution is 2.58. The number of anilines is 3. The zero-order chi connectivity index (χ0) is 30.0. The Bertz CT molecular complexity index is 2390. The number of aromatic nitrogens is 1. The van der Waals surface area contributed by atoms with Crippen LogP contribution in [0.3, 0.4) is 0 Å². The van der Waals surface area contributed by atoms with Crippen LogP contribution in [-0.4, -0.2) is 4.98 Å². The van der Waals surface area contributed by atoms with Gasteiger partial charge in [-0.15, -0.1) is 22.7 Å². The van der Waals surface area contributed by atoms with Crippen molar-refractivity contribution in [1.29, 1.82) is 5.26 Å². The Morgan fingerprint density at radius 2 is 1.70 bits per heavy atom. The first-order valence-electron chi connectivity index (χ1n) is 14.3. The van der Waals surface area contributed by atoms with E-state index in [-0.39, 0.29) is 11.1 Å². The molecular formula is C38H24N4S2. The SMILES string of the molecule is [C-]#[N+]/C(C#N)=C\c1cc2sc3c(c2s1)C(C)(C)c1cc(N(c2ccc4ccccc4n2)c2cccc4ccccc24)ccc1-3. The summed E-state index contributed by atoms with van der Waals surface area (Å²) in [4.78, 5) is 13.0. The lowest BCUT2D eigenvalue weighted by molar-refractivity contribution is 0.668. The standard InChI is InChI=1S/C38H24N4S2/c1-38(2)30-20-26(16-17-29(30)36-35(38)37-33(44-36)21-27(43-37)19-25(22-39)40-3)42(32-14-8-11-23-9-4-6-12-28(23)32)34-18-15-24-10-5-7-13-31(24)41-34/h4-21H,1-2H3/b25-19-. The molecule has 6 heteroatoms. The van der Waals surface area contributed by atoms with Crippen molar-refractivity contribution in [3.05, 3.63) is 136 Å². The zero-order valence-corrected chi connectivity index (χ0v) is 25.6. The highest BCUT2D eigenvalue weighted by Gasteiger charge is 2.40. The van der Waals surface area contributed by atoms with Crippen LogP contribution in [0.25, 0.3) is 52.4 Å². The van der Waals surface area contributed by atoms with Gasteiger partial charge < -0.3 is 0 Å². The average Bonchev–Trinajstić information content (AvgIpc) is 3.67. The van der Waals surface area contributed by atoms with Crippen LogP contribution in [-0.2, 0) is 5.41 Å². The topological polar surface area (TPSA) is 44.3 Å². The van der Waals surface area contributed by atoms with E-state index >= 15 is 0 Å². The van der Waals surface area contributed by atoms with Crippen molar-refractivity contribution in [2.24, 2.45) is 0 Å². The van der Waals surface area contributed by atoms with Gasteiger partial charge in [0.1, 0.15) is 5.82 Å². The predicted octanol–water partition coefficient (Wildman–Crippen LogP) is 11.2. The number of pyridine rings is 1. The molecule has 0 radical (unpaired) electrons. The summed E-state index contributed by atoms with van der Waals surface area (Å²) in [5, 5.41) is 12.7. The second-order valence-electron chi connectivity index (χ2n) is 11.5. The molecule has 44 heavy (non-hydrogen) atoms. The minimum Gasteiger partial charge on any atom is -0.294 e. The fraction of sp³-hybridized carbons (Fsp3) is 0.0789. The van der Waals surface area contributed by atoms with E-state index in [4.69, 9.17) is 11.6 Å². The smallest absolute Gasteiger partial charge is 0.263 e. The third-order valence-electron chi connectivity index (χ3n) is 8.52. The molecule has 0 saturated carbocycles. The molecule has 0 fully saturated rings. The lowest BCUT2D eigenvalue weighted by atomic mass is 9.82. The van der Waals surface area contributed by atoms with Crippen molar-refractivity contribution in [3.63, 3.8) is 0 Å². The molecule has 0 unspecified atom stereocenters. The van der Waals surface area contributed by atoms with Crippen molar-refractivity contribution in [1.82, 2.24) is 4.98 Å². The first-order chi connectivity index (χ1) is 21.5.